The summed E-state index contributed by atoms with van der Waals surface area (Å²) in [6.45, 7) is 0.617. The van der Waals surface area contributed by atoms with Crippen molar-refractivity contribution in [2.75, 3.05) is 25.5 Å². The van der Waals surface area contributed by atoms with Gasteiger partial charge in [-0.15, -0.1) is 0 Å². The Balaban J connectivity index is 2.78. The highest BCUT2D eigenvalue weighted by molar-refractivity contribution is 7.80. The predicted octanol–water partition coefficient (Wildman–Crippen LogP) is 2.12. The first-order valence-corrected chi connectivity index (χ1v) is 6.21. The fourth-order valence-corrected chi connectivity index (χ4v) is 1.57. The standard InChI is InChI=1S/C11H13F3N4O2S/c1-15-10(21)17-5-4-16-8-3-2-7(11(12,13)14)6-9(8)18(19)20/h2-3,6,16H,4-5H2,1H3,(H2,15,17,21). The van der Waals surface area contributed by atoms with Crippen molar-refractivity contribution in [1.82, 2.24) is 10.6 Å². The van der Waals surface area contributed by atoms with E-state index in [0.29, 0.717) is 17.7 Å². The molecule has 10 heteroatoms. The molecule has 21 heavy (non-hydrogen) atoms. The van der Waals surface area contributed by atoms with E-state index >= 15 is 0 Å². The molecule has 0 aromatic heterocycles. The maximum Gasteiger partial charge on any atom is 0.416 e. The maximum atomic E-state index is 12.5. The van der Waals surface area contributed by atoms with Crippen molar-refractivity contribution in [3.8, 4) is 0 Å². The van der Waals surface area contributed by atoms with Gasteiger partial charge in [-0.3, -0.25) is 10.1 Å². The lowest BCUT2D eigenvalue weighted by Crippen LogP contribution is -2.35. The minimum Gasteiger partial charge on any atom is -0.378 e. The van der Waals surface area contributed by atoms with E-state index in [2.05, 4.69) is 16.0 Å². The molecule has 6 nitrogen and oxygen atoms in total. The van der Waals surface area contributed by atoms with Crippen LogP contribution in [0.1, 0.15) is 5.56 Å². The van der Waals surface area contributed by atoms with Crippen molar-refractivity contribution >= 4 is 28.7 Å². The van der Waals surface area contributed by atoms with Crippen LogP contribution in [-0.4, -0.2) is 30.2 Å². The van der Waals surface area contributed by atoms with Crippen LogP contribution in [0.2, 0.25) is 0 Å². The summed E-state index contributed by atoms with van der Waals surface area (Å²) in [4.78, 5) is 9.98. The van der Waals surface area contributed by atoms with E-state index < -0.39 is 22.4 Å². The second-order valence-electron chi connectivity index (χ2n) is 3.92. The van der Waals surface area contributed by atoms with Crippen molar-refractivity contribution < 1.29 is 18.1 Å². The summed E-state index contributed by atoms with van der Waals surface area (Å²) in [7, 11) is 1.63. The van der Waals surface area contributed by atoms with Crippen LogP contribution < -0.4 is 16.0 Å². The molecule has 3 N–H and O–H groups in total. The van der Waals surface area contributed by atoms with Gasteiger partial charge in [0.05, 0.1) is 10.5 Å². The number of halogens is 3. The number of nitrogens with zero attached hydrogens (tertiary/aromatic N) is 1. The van der Waals surface area contributed by atoms with E-state index in [1.54, 1.807) is 7.05 Å². The van der Waals surface area contributed by atoms with Crippen molar-refractivity contribution in [1.29, 1.82) is 0 Å². The lowest BCUT2D eigenvalue weighted by atomic mass is 10.1. The summed E-state index contributed by atoms with van der Waals surface area (Å²) in [5.74, 6) is 0. The van der Waals surface area contributed by atoms with Gasteiger partial charge in [-0.1, -0.05) is 0 Å². The molecule has 0 aliphatic rings. The molecule has 0 amide bonds. The number of nitrogens with one attached hydrogen (secondary N) is 3. The fraction of sp³-hybridized carbons (Fsp3) is 0.364. The second-order valence-corrected chi connectivity index (χ2v) is 4.33. The average molecular weight is 322 g/mol. The van der Waals surface area contributed by atoms with E-state index in [-0.39, 0.29) is 12.2 Å². The van der Waals surface area contributed by atoms with E-state index in [0.717, 1.165) is 12.1 Å². The van der Waals surface area contributed by atoms with Crippen LogP contribution in [0.3, 0.4) is 0 Å². The largest absolute Gasteiger partial charge is 0.416 e. The lowest BCUT2D eigenvalue weighted by Gasteiger charge is -2.11. The highest BCUT2D eigenvalue weighted by atomic mass is 32.1. The van der Waals surface area contributed by atoms with Crippen LogP contribution >= 0.6 is 12.2 Å². The van der Waals surface area contributed by atoms with Crippen LogP contribution in [0.5, 0.6) is 0 Å². The predicted molar refractivity (Wildman–Crippen MR) is 76.2 cm³/mol. The third-order valence-electron chi connectivity index (χ3n) is 2.47. The molecular formula is C11H13F3N4O2S. The zero-order valence-electron chi connectivity index (χ0n) is 11.0. The zero-order valence-corrected chi connectivity index (χ0v) is 11.8. The molecule has 1 aromatic rings. The molecular weight excluding hydrogens is 309 g/mol. The molecule has 0 spiro atoms. The van der Waals surface area contributed by atoms with Gasteiger partial charge >= 0.3 is 6.18 Å². The molecule has 0 saturated heterocycles. The number of rotatable bonds is 5. The minimum absolute atomic E-state index is 0.0187. The highest BCUT2D eigenvalue weighted by Gasteiger charge is 2.32. The molecule has 0 aliphatic heterocycles. The van der Waals surface area contributed by atoms with Crippen molar-refractivity contribution in [2.24, 2.45) is 0 Å². The van der Waals surface area contributed by atoms with Crippen molar-refractivity contribution in [3.05, 3.63) is 33.9 Å². The smallest absolute Gasteiger partial charge is 0.378 e. The Labute approximate surface area is 123 Å². The molecule has 0 saturated carbocycles. The molecule has 0 atom stereocenters. The van der Waals surface area contributed by atoms with Gasteiger partial charge in [0.2, 0.25) is 0 Å². The van der Waals surface area contributed by atoms with Crippen molar-refractivity contribution in [2.45, 2.75) is 6.18 Å². The molecule has 0 fully saturated rings. The number of anilines is 1. The Morgan fingerprint density at radius 3 is 2.57 bits per heavy atom. The molecule has 0 heterocycles. The topological polar surface area (TPSA) is 79.2 Å². The summed E-state index contributed by atoms with van der Waals surface area (Å²) in [6.07, 6.45) is -4.62. The number of hydrogen-bond donors (Lipinski definition) is 3. The first-order valence-electron chi connectivity index (χ1n) is 5.80. The molecule has 1 aromatic carbocycles. The first-order chi connectivity index (χ1) is 9.75. The second kappa shape index (κ2) is 7.07. The summed E-state index contributed by atoms with van der Waals surface area (Å²) >= 11 is 4.83. The van der Waals surface area contributed by atoms with Crippen LogP contribution in [0.25, 0.3) is 0 Å². The Bertz CT molecular complexity index is 537. The number of benzene rings is 1. The Kier molecular flexibility index (Phi) is 5.70. The Morgan fingerprint density at radius 1 is 1.38 bits per heavy atom. The normalized spacial score (nSPS) is 10.9. The van der Waals surface area contributed by atoms with E-state index in [1.165, 1.54) is 0 Å². The van der Waals surface area contributed by atoms with Crippen LogP contribution in [-0.2, 0) is 6.18 Å². The number of nitro benzene ring substituents is 1. The van der Waals surface area contributed by atoms with Crippen LogP contribution in [0.4, 0.5) is 24.5 Å². The Morgan fingerprint density at radius 2 is 2.05 bits per heavy atom. The number of hydrogen-bond acceptors (Lipinski definition) is 4. The zero-order chi connectivity index (χ0) is 16.0. The molecule has 0 bridgehead atoms. The number of thiocarbonyl (C=S) groups is 1. The van der Waals surface area contributed by atoms with Gasteiger partial charge in [-0.25, -0.2) is 0 Å². The van der Waals surface area contributed by atoms with Gasteiger partial charge < -0.3 is 16.0 Å². The monoisotopic (exact) mass is 322 g/mol. The third kappa shape index (κ3) is 5.06. The van der Waals surface area contributed by atoms with E-state index in [1.807, 2.05) is 0 Å². The highest BCUT2D eigenvalue weighted by Crippen LogP contribution is 2.34. The molecule has 0 radical (unpaired) electrons. The van der Waals surface area contributed by atoms with Gasteiger partial charge in [0.1, 0.15) is 5.69 Å². The van der Waals surface area contributed by atoms with E-state index in [4.69, 9.17) is 12.2 Å². The molecule has 0 aliphatic carbocycles. The minimum atomic E-state index is -4.62. The summed E-state index contributed by atoms with van der Waals surface area (Å²) in [5, 5.41) is 19.4. The van der Waals surface area contributed by atoms with Gasteiger partial charge in [0.15, 0.2) is 5.11 Å². The van der Waals surface area contributed by atoms with E-state index in [9.17, 15) is 23.3 Å². The van der Waals surface area contributed by atoms with Gasteiger partial charge in [0.25, 0.3) is 5.69 Å². The SMILES string of the molecule is CNC(=S)NCCNc1ccc(C(F)(F)F)cc1[N+](=O)[O-]. The van der Waals surface area contributed by atoms with Gasteiger partial charge in [0, 0.05) is 26.2 Å². The quantitative estimate of drug-likeness (QED) is 0.333. The van der Waals surface area contributed by atoms with Gasteiger partial charge in [-0.05, 0) is 24.4 Å². The molecule has 1 rings (SSSR count). The summed E-state index contributed by atoms with van der Waals surface area (Å²) in [5.41, 5.74) is -1.67. The van der Waals surface area contributed by atoms with Crippen molar-refractivity contribution in [3.63, 3.8) is 0 Å². The molecule has 0 unspecified atom stereocenters. The summed E-state index contributed by atoms with van der Waals surface area (Å²) in [6, 6.07) is 2.34. The summed E-state index contributed by atoms with van der Waals surface area (Å²) < 4.78 is 37.6. The van der Waals surface area contributed by atoms with Crippen LogP contribution in [0, 0.1) is 10.1 Å². The first kappa shape index (κ1) is 17.0. The fourth-order valence-electron chi connectivity index (χ4n) is 1.47. The molecule has 116 valence electrons. The Hall–Kier alpha value is -2.10. The maximum absolute atomic E-state index is 12.5. The van der Waals surface area contributed by atoms with Crippen LogP contribution in [0.15, 0.2) is 18.2 Å². The van der Waals surface area contributed by atoms with Gasteiger partial charge in [-0.2, -0.15) is 13.2 Å². The number of alkyl halides is 3. The average Bonchev–Trinajstić information content (AvgIpc) is 2.41. The number of nitro groups is 1. The third-order valence-corrected chi connectivity index (χ3v) is 2.82. The lowest BCUT2D eigenvalue weighted by molar-refractivity contribution is -0.384.